The highest BCUT2D eigenvalue weighted by Crippen LogP contribution is 2.35. The van der Waals surface area contributed by atoms with E-state index in [1.165, 1.54) is 0 Å². The molecule has 1 aromatic rings. The van der Waals surface area contributed by atoms with Gasteiger partial charge < -0.3 is 10.0 Å². The summed E-state index contributed by atoms with van der Waals surface area (Å²) in [5.74, 6) is 0.188. The predicted octanol–water partition coefficient (Wildman–Crippen LogP) is 2.86. The van der Waals surface area contributed by atoms with E-state index in [9.17, 15) is 9.90 Å². The van der Waals surface area contributed by atoms with Gasteiger partial charge in [0.2, 0.25) is 5.91 Å². The lowest BCUT2D eigenvalue weighted by molar-refractivity contribution is -0.135. The van der Waals surface area contributed by atoms with Crippen molar-refractivity contribution in [1.29, 1.82) is 0 Å². The average molecular weight is 281 g/mol. The summed E-state index contributed by atoms with van der Waals surface area (Å²) >= 11 is 1.64. The Kier molecular flexibility index (Phi) is 4.63. The number of nitrogens with zero attached hydrogens (tertiary/aromatic N) is 1. The second-order valence-electron chi connectivity index (χ2n) is 5.57. The molecule has 1 aromatic heterocycles. The maximum atomic E-state index is 12.5. The van der Waals surface area contributed by atoms with Crippen molar-refractivity contribution in [1.82, 2.24) is 4.90 Å². The van der Waals surface area contributed by atoms with Gasteiger partial charge in [0.25, 0.3) is 0 Å². The van der Waals surface area contributed by atoms with E-state index in [0.717, 1.165) is 37.2 Å². The van der Waals surface area contributed by atoms with Crippen LogP contribution in [0, 0.1) is 5.41 Å². The first kappa shape index (κ1) is 14.5. The molecule has 2 rings (SSSR count). The molecule has 2 heterocycles. The molecule has 0 saturated carbocycles. The maximum absolute atomic E-state index is 12.5. The normalized spacial score (nSPS) is 20.3. The maximum Gasteiger partial charge on any atom is 0.230 e. The van der Waals surface area contributed by atoms with Crippen LogP contribution in [0.5, 0.6) is 0 Å². The molecule has 1 aliphatic heterocycles. The summed E-state index contributed by atoms with van der Waals surface area (Å²) in [7, 11) is 0. The highest BCUT2D eigenvalue weighted by molar-refractivity contribution is 7.10. The van der Waals surface area contributed by atoms with Gasteiger partial charge in [-0.25, -0.2) is 0 Å². The number of aliphatic hydroxyl groups excluding tert-OH is 1. The fourth-order valence-corrected chi connectivity index (χ4v) is 3.53. The molecule has 19 heavy (non-hydrogen) atoms. The van der Waals surface area contributed by atoms with Crippen molar-refractivity contribution >= 4 is 17.2 Å². The third-order valence-electron chi connectivity index (χ3n) is 4.56. The van der Waals surface area contributed by atoms with Crippen molar-refractivity contribution < 1.29 is 9.90 Å². The summed E-state index contributed by atoms with van der Waals surface area (Å²) < 4.78 is 0. The summed E-state index contributed by atoms with van der Waals surface area (Å²) in [5, 5.41) is 11.5. The Morgan fingerprint density at radius 1 is 1.53 bits per heavy atom. The Labute approximate surface area is 119 Å². The Morgan fingerprint density at radius 3 is 2.68 bits per heavy atom. The average Bonchev–Trinajstić information content (AvgIpc) is 3.00. The van der Waals surface area contributed by atoms with E-state index in [0.29, 0.717) is 0 Å². The molecule has 0 bridgehead atoms. The molecule has 1 N–H and O–H groups in total. The largest absolute Gasteiger partial charge is 0.396 e. The lowest BCUT2D eigenvalue weighted by Crippen LogP contribution is -2.45. The number of carbonyl (C=O) groups excluding carboxylic acids is 1. The van der Waals surface area contributed by atoms with Gasteiger partial charge in [-0.2, -0.15) is 0 Å². The number of aliphatic hydroxyl groups is 1. The van der Waals surface area contributed by atoms with Crippen molar-refractivity contribution in [3.63, 3.8) is 0 Å². The first-order chi connectivity index (χ1) is 9.12. The van der Waals surface area contributed by atoms with Gasteiger partial charge in [-0.1, -0.05) is 13.0 Å². The van der Waals surface area contributed by atoms with Crippen LogP contribution in [0.15, 0.2) is 17.5 Å². The Bertz CT molecular complexity index is 402. The molecular weight excluding hydrogens is 258 g/mol. The van der Waals surface area contributed by atoms with E-state index in [2.05, 4.69) is 6.92 Å². The van der Waals surface area contributed by atoms with Crippen LogP contribution in [0.25, 0.3) is 0 Å². The van der Waals surface area contributed by atoms with Crippen LogP contribution in [0.3, 0.4) is 0 Å². The van der Waals surface area contributed by atoms with Gasteiger partial charge in [-0.05, 0) is 43.0 Å². The van der Waals surface area contributed by atoms with Crippen LogP contribution in [0.4, 0.5) is 0 Å². The number of carbonyl (C=O) groups is 1. The standard InChI is InChI=1S/C15H23NO2S/c1-3-15(11-17)6-8-16(9-7-15)14(18)12(2)13-5-4-10-19-13/h4-5,10,12,17H,3,6-9,11H2,1-2H3. The molecule has 0 spiro atoms. The zero-order valence-electron chi connectivity index (χ0n) is 11.8. The molecule has 1 fully saturated rings. The second-order valence-corrected chi connectivity index (χ2v) is 6.55. The summed E-state index contributed by atoms with van der Waals surface area (Å²) in [5.41, 5.74) is 0.0446. The number of hydrogen-bond acceptors (Lipinski definition) is 3. The lowest BCUT2D eigenvalue weighted by Gasteiger charge is -2.41. The second kappa shape index (κ2) is 6.06. The van der Waals surface area contributed by atoms with Crippen LogP contribution < -0.4 is 0 Å². The number of likely N-dealkylation sites (tertiary alicyclic amines) is 1. The van der Waals surface area contributed by atoms with E-state index in [4.69, 9.17) is 0 Å². The molecular formula is C15H23NO2S. The number of piperidine rings is 1. The first-order valence-corrected chi connectivity index (χ1v) is 7.93. The zero-order chi connectivity index (χ0) is 13.9. The molecule has 0 aromatic carbocycles. The molecule has 0 aliphatic carbocycles. The number of amides is 1. The van der Waals surface area contributed by atoms with E-state index in [1.807, 2.05) is 29.3 Å². The van der Waals surface area contributed by atoms with E-state index in [-0.39, 0.29) is 23.8 Å². The molecule has 1 aliphatic rings. The summed E-state index contributed by atoms with van der Waals surface area (Å²) in [6.45, 7) is 5.92. The molecule has 1 unspecified atom stereocenters. The van der Waals surface area contributed by atoms with Gasteiger partial charge in [-0.15, -0.1) is 11.3 Å². The molecule has 1 atom stereocenters. The molecule has 4 heteroatoms. The van der Waals surface area contributed by atoms with Crippen LogP contribution in [-0.4, -0.2) is 35.6 Å². The summed E-state index contributed by atoms with van der Waals surface area (Å²) in [6.07, 6.45) is 2.83. The van der Waals surface area contributed by atoms with Gasteiger partial charge in [-0.3, -0.25) is 4.79 Å². The highest BCUT2D eigenvalue weighted by atomic mass is 32.1. The van der Waals surface area contributed by atoms with E-state index >= 15 is 0 Å². The minimum absolute atomic E-state index is 0.0387. The molecule has 1 saturated heterocycles. The minimum Gasteiger partial charge on any atom is -0.396 e. The summed E-state index contributed by atoms with van der Waals surface area (Å²) in [4.78, 5) is 15.6. The van der Waals surface area contributed by atoms with E-state index < -0.39 is 0 Å². The minimum atomic E-state index is -0.0387. The van der Waals surface area contributed by atoms with Gasteiger partial charge in [0, 0.05) is 24.6 Å². The van der Waals surface area contributed by atoms with Gasteiger partial charge in [0.05, 0.1) is 5.92 Å². The fourth-order valence-electron chi connectivity index (χ4n) is 2.76. The Morgan fingerprint density at radius 2 is 2.21 bits per heavy atom. The molecule has 0 radical (unpaired) electrons. The van der Waals surface area contributed by atoms with Crippen molar-refractivity contribution in [2.75, 3.05) is 19.7 Å². The van der Waals surface area contributed by atoms with Crippen molar-refractivity contribution in [3.8, 4) is 0 Å². The van der Waals surface area contributed by atoms with Crippen LogP contribution in [-0.2, 0) is 4.79 Å². The topological polar surface area (TPSA) is 40.5 Å². The number of rotatable bonds is 4. The molecule has 3 nitrogen and oxygen atoms in total. The Balaban J connectivity index is 1.96. The monoisotopic (exact) mass is 281 g/mol. The van der Waals surface area contributed by atoms with Gasteiger partial charge in [0.1, 0.15) is 0 Å². The van der Waals surface area contributed by atoms with E-state index in [1.54, 1.807) is 11.3 Å². The zero-order valence-corrected chi connectivity index (χ0v) is 12.6. The van der Waals surface area contributed by atoms with Gasteiger partial charge >= 0.3 is 0 Å². The van der Waals surface area contributed by atoms with Crippen molar-refractivity contribution in [2.45, 2.75) is 39.0 Å². The lowest BCUT2D eigenvalue weighted by atomic mass is 9.77. The smallest absolute Gasteiger partial charge is 0.230 e. The van der Waals surface area contributed by atoms with Crippen molar-refractivity contribution in [3.05, 3.63) is 22.4 Å². The fraction of sp³-hybridized carbons (Fsp3) is 0.667. The predicted molar refractivity (Wildman–Crippen MR) is 78.4 cm³/mol. The first-order valence-electron chi connectivity index (χ1n) is 7.05. The van der Waals surface area contributed by atoms with Crippen LogP contribution in [0.1, 0.15) is 43.9 Å². The van der Waals surface area contributed by atoms with Crippen LogP contribution >= 0.6 is 11.3 Å². The third kappa shape index (κ3) is 3.00. The quantitative estimate of drug-likeness (QED) is 0.922. The van der Waals surface area contributed by atoms with Crippen molar-refractivity contribution in [2.24, 2.45) is 5.41 Å². The highest BCUT2D eigenvalue weighted by Gasteiger charge is 2.35. The third-order valence-corrected chi connectivity index (χ3v) is 5.62. The molecule has 106 valence electrons. The van der Waals surface area contributed by atoms with Crippen LogP contribution in [0.2, 0.25) is 0 Å². The number of thiophene rings is 1. The molecule has 1 amide bonds. The number of hydrogen-bond donors (Lipinski definition) is 1. The SMILES string of the molecule is CCC1(CO)CCN(C(=O)C(C)c2cccs2)CC1. The Hall–Kier alpha value is -0.870. The van der Waals surface area contributed by atoms with Gasteiger partial charge in [0.15, 0.2) is 0 Å². The summed E-state index contributed by atoms with van der Waals surface area (Å²) in [6, 6.07) is 4.02.